The number of carbonyl (C=O) groups is 1. The Hall–Kier alpha value is -5.02. The lowest BCUT2D eigenvalue weighted by molar-refractivity contribution is -0.120. The number of benzene rings is 4. The van der Waals surface area contributed by atoms with Gasteiger partial charge in [0.15, 0.2) is 10.8 Å². The Morgan fingerprint density at radius 3 is 2.40 bits per heavy atom. The van der Waals surface area contributed by atoms with Gasteiger partial charge in [0.25, 0.3) is 5.91 Å². The summed E-state index contributed by atoms with van der Waals surface area (Å²) in [6.45, 7) is 1.96. The molecule has 0 spiro atoms. The molecule has 8 nitrogen and oxygen atoms in total. The van der Waals surface area contributed by atoms with E-state index in [4.69, 9.17) is 19.8 Å². The van der Waals surface area contributed by atoms with E-state index in [2.05, 4.69) is 34.8 Å². The molecule has 0 fully saturated rings. The summed E-state index contributed by atoms with van der Waals surface area (Å²) in [7, 11) is 1.64. The highest BCUT2D eigenvalue weighted by Crippen LogP contribution is 2.35. The molecule has 4 aromatic carbocycles. The molecule has 0 saturated heterocycles. The molecule has 1 N–H and O–H groups in total. The van der Waals surface area contributed by atoms with E-state index >= 15 is 0 Å². The van der Waals surface area contributed by atoms with Gasteiger partial charge in [-0.25, -0.2) is 20.1 Å². The smallest absolute Gasteiger partial charge is 0.254 e. The maximum Gasteiger partial charge on any atom is 0.254 e. The number of amides is 1. The van der Waals surface area contributed by atoms with Crippen molar-refractivity contribution in [2.24, 2.45) is 5.10 Å². The number of nitrogens with zero attached hydrogens (tertiary/aromatic N) is 5. The summed E-state index contributed by atoms with van der Waals surface area (Å²) in [5.41, 5.74) is 8.58. The summed E-state index contributed by atoms with van der Waals surface area (Å²) in [5.74, 6) is 0.585. The van der Waals surface area contributed by atoms with E-state index in [1.54, 1.807) is 7.11 Å². The van der Waals surface area contributed by atoms with Crippen molar-refractivity contribution in [3.8, 4) is 22.7 Å². The van der Waals surface area contributed by atoms with E-state index in [1.807, 2.05) is 84.4 Å². The predicted octanol–water partition coefficient (Wildman–Crippen LogP) is 6.34. The van der Waals surface area contributed by atoms with E-state index in [0.29, 0.717) is 17.2 Å². The third-order valence-corrected chi connectivity index (χ3v) is 8.41. The van der Waals surface area contributed by atoms with Crippen LogP contribution in [0.25, 0.3) is 38.8 Å². The van der Waals surface area contributed by atoms with E-state index in [0.717, 1.165) is 55.8 Å². The highest BCUT2D eigenvalue weighted by atomic mass is 32.2. The van der Waals surface area contributed by atoms with Crippen molar-refractivity contribution < 1.29 is 9.53 Å². The molecule has 9 heteroatoms. The van der Waals surface area contributed by atoms with Crippen LogP contribution in [0.5, 0.6) is 5.75 Å². The molecule has 0 aliphatic carbocycles. The molecular weight excluding hydrogens is 544 g/mol. The molecule has 206 valence electrons. The fraction of sp³-hybridized carbons (Fsp3) is 0.121. The van der Waals surface area contributed by atoms with Crippen LogP contribution in [0, 0.1) is 6.92 Å². The molecule has 1 amide bonds. The molecule has 1 aliphatic rings. The third kappa shape index (κ3) is 4.77. The highest BCUT2D eigenvalue weighted by Gasteiger charge is 2.29. The van der Waals surface area contributed by atoms with E-state index in [9.17, 15) is 4.79 Å². The number of para-hydroxylation sites is 1. The number of ether oxygens (including phenoxy) is 1. The first kappa shape index (κ1) is 25.9. The van der Waals surface area contributed by atoms with Crippen molar-refractivity contribution in [3.63, 3.8) is 0 Å². The fourth-order valence-electron chi connectivity index (χ4n) is 5.20. The van der Waals surface area contributed by atoms with Crippen LogP contribution in [0.15, 0.2) is 107 Å². The average Bonchev–Trinajstić information content (AvgIpc) is 3.38. The minimum atomic E-state index is -0.459. The van der Waals surface area contributed by atoms with Crippen molar-refractivity contribution in [2.45, 2.75) is 23.8 Å². The number of aryl methyl sites for hydroxylation is 1. The predicted molar refractivity (Wildman–Crippen MR) is 166 cm³/mol. The average molecular weight is 571 g/mol. The zero-order chi connectivity index (χ0) is 28.6. The Balaban J connectivity index is 1.29. The number of rotatable bonds is 6. The second-order valence-electron chi connectivity index (χ2n) is 10.0. The van der Waals surface area contributed by atoms with Crippen molar-refractivity contribution >= 4 is 45.2 Å². The Morgan fingerprint density at radius 2 is 1.62 bits per heavy atom. The molecule has 1 atom stereocenters. The van der Waals surface area contributed by atoms with E-state index in [-0.39, 0.29) is 5.91 Å². The number of aromatic nitrogens is 4. The SMILES string of the molecule is COc1ccc(-c2nc(SC3CC(c4ccc5ccccc5c4)=NNC3=O)nc3c2c(C)nn3-c2ccccc2)cc1. The van der Waals surface area contributed by atoms with Crippen LogP contribution in [0.1, 0.15) is 17.7 Å². The normalized spacial score (nSPS) is 15.0. The molecule has 6 aromatic rings. The van der Waals surface area contributed by atoms with Crippen LogP contribution >= 0.6 is 11.8 Å². The zero-order valence-corrected chi connectivity index (χ0v) is 23.8. The first-order valence-electron chi connectivity index (χ1n) is 13.6. The molecule has 1 unspecified atom stereocenters. The first-order valence-corrected chi connectivity index (χ1v) is 14.4. The van der Waals surface area contributed by atoms with Crippen LogP contribution in [-0.2, 0) is 4.79 Å². The van der Waals surface area contributed by atoms with Crippen molar-refractivity contribution in [3.05, 3.63) is 108 Å². The van der Waals surface area contributed by atoms with E-state index in [1.165, 1.54) is 11.8 Å². The molecule has 0 saturated carbocycles. The molecule has 2 aromatic heterocycles. The quantitative estimate of drug-likeness (QED) is 0.235. The summed E-state index contributed by atoms with van der Waals surface area (Å²) in [5, 5.41) is 12.4. The molecule has 42 heavy (non-hydrogen) atoms. The number of carbonyl (C=O) groups excluding carboxylic acids is 1. The summed E-state index contributed by atoms with van der Waals surface area (Å²) in [6.07, 6.45) is 0.449. The Morgan fingerprint density at radius 1 is 0.881 bits per heavy atom. The summed E-state index contributed by atoms with van der Waals surface area (Å²) in [4.78, 5) is 23.0. The fourth-order valence-corrected chi connectivity index (χ4v) is 6.14. The number of nitrogens with one attached hydrogen (secondary N) is 1. The van der Waals surface area contributed by atoms with Gasteiger partial charge in [0.1, 0.15) is 5.75 Å². The Kier molecular flexibility index (Phi) is 6.64. The lowest BCUT2D eigenvalue weighted by Crippen LogP contribution is -2.37. The first-order chi connectivity index (χ1) is 20.6. The second kappa shape index (κ2) is 10.8. The van der Waals surface area contributed by atoms with Crippen LogP contribution in [-0.4, -0.2) is 43.7 Å². The maximum atomic E-state index is 13.0. The van der Waals surface area contributed by atoms with Gasteiger partial charge in [0.2, 0.25) is 0 Å². The van der Waals surface area contributed by atoms with Crippen molar-refractivity contribution in [1.29, 1.82) is 0 Å². The topological polar surface area (TPSA) is 94.3 Å². The zero-order valence-electron chi connectivity index (χ0n) is 23.0. The number of hydrazone groups is 1. The second-order valence-corrected chi connectivity index (χ2v) is 11.2. The van der Waals surface area contributed by atoms with Gasteiger partial charge in [-0.2, -0.15) is 10.2 Å². The van der Waals surface area contributed by atoms with Gasteiger partial charge >= 0.3 is 0 Å². The number of hydrogen-bond donors (Lipinski definition) is 1. The van der Waals surface area contributed by atoms with Crippen LogP contribution < -0.4 is 10.2 Å². The van der Waals surface area contributed by atoms with Gasteiger partial charge in [-0.3, -0.25) is 4.79 Å². The maximum absolute atomic E-state index is 13.0. The van der Waals surface area contributed by atoms with Gasteiger partial charge in [0, 0.05) is 12.0 Å². The molecule has 0 radical (unpaired) electrons. The van der Waals surface area contributed by atoms with Gasteiger partial charge in [-0.15, -0.1) is 0 Å². The minimum Gasteiger partial charge on any atom is -0.497 e. The Bertz CT molecular complexity index is 1990. The van der Waals surface area contributed by atoms with Crippen LogP contribution in [0.4, 0.5) is 0 Å². The van der Waals surface area contributed by atoms with E-state index < -0.39 is 5.25 Å². The largest absolute Gasteiger partial charge is 0.497 e. The standard InChI is InChI=1S/C33H26N6O2S/c1-20-29-30(22-14-16-26(41-2)17-15-22)34-33(35-31(29)39(38-20)25-10-4-3-5-11-25)42-28-19-27(36-37-32(28)40)24-13-12-21-8-6-7-9-23(21)18-24/h3-18,28H,19H2,1-2H3,(H,37,40). The highest BCUT2D eigenvalue weighted by molar-refractivity contribution is 8.00. The lowest BCUT2D eigenvalue weighted by Gasteiger charge is -2.21. The summed E-state index contributed by atoms with van der Waals surface area (Å²) < 4.78 is 7.22. The van der Waals surface area contributed by atoms with Gasteiger partial charge in [0.05, 0.1) is 40.5 Å². The van der Waals surface area contributed by atoms with Gasteiger partial charge in [-0.05, 0) is 65.7 Å². The molecule has 7 rings (SSSR count). The number of fused-ring (bicyclic) bond motifs is 2. The number of hydrogen-bond acceptors (Lipinski definition) is 7. The van der Waals surface area contributed by atoms with Crippen molar-refractivity contribution in [1.82, 2.24) is 25.2 Å². The summed E-state index contributed by atoms with van der Waals surface area (Å²) in [6, 6.07) is 32.1. The summed E-state index contributed by atoms with van der Waals surface area (Å²) >= 11 is 1.34. The van der Waals surface area contributed by atoms with Gasteiger partial charge in [-0.1, -0.05) is 66.4 Å². The van der Waals surface area contributed by atoms with Crippen molar-refractivity contribution in [2.75, 3.05) is 7.11 Å². The van der Waals surface area contributed by atoms with Crippen LogP contribution in [0.2, 0.25) is 0 Å². The molecule has 1 aliphatic heterocycles. The third-order valence-electron chi connectivity index (χ3n) is 7.35. The molecule has 3 heterocycles. The number of thioether (sulfide) groups is 1. The minimum absolute atomic E-state index is 0.174. The lowest BCUT2D eigenvalue weighted by atomic mass is 10.0. The number of methoxy groups -OCH3 is 1. The van der Waals surface area contributed by atoms with Crippen LogP contribution in [0.3, 0.4) is 0 Å². The molecule has 0 bridgehead atoms. The monoisotopic (exact) mass is 570 g/mol. The molecular formula is C33H26N6O2S. The van der Waals surface area contributed by atoms with Gasteiger partial charge < -0.3 is 4.74 Å². The Labute approximate surface area is 246 Å².